The third kappa shape index (κ3) is 4.18. The molecule has 2 rings (SSSR count). The molecule has 0 saturated carbocycles. The predicted octanol–water partition coefficient (Wildman–Crippen LogP) is 4.81. The first-order valence-electron chi connectivity index (χ1n) is 7.87. The van der Waals surface area contributed by atoms with Gasteiger partial charge in [-0.3, -0.25) is 0 Å². The maximum absolute atomic E-state index is 3.65. The van der Waals surface area contributed by atoms with Gasteiger partial charge in [-0.05, 0) is 57.4 Å². The van der Waals surface area contributed by atoms with Crippen molar-refractivity contribution in [2.75, 3.05) is 6.54 Å². The number of hydrogen-bond acceptors (Lipinski definition) is 1. The van der Waals surface area contributed by atoms with Crippen LogP contribution in [0.15, 0.2) is 36.4 Å². The number of hydrogen-bond donors (Lipinski definition) is 1. The van der Waals surface area contributed by atoms with E-state index in [0.29, 0.717) is 6.04 Å². The average Bonchev–Trinajstić information content (AvgIpc) is 2.40. The van der Waals surface area contributed by atoms with Crippen molar-refractivity contribution in [3.8, 4) is 0 Å². The van der Waals surface area contributed by atoms with E-state index in [-0.39, 0.29) is 0 Å². The highest BCUT2D eigenvalue weighted by Gasteiger charge is 2.14. The summed E-state index contributed by atoms with van der Waals surface area (Å²) in [7, 11) is 0. The lowest BCUT2D eigenvalue weighted by Crippen LogP contribution is -2.24. The summed E-state index contributed by atoms with van der Waals surface area (Å²) < 4.78 is 0. The Morgan fingerprint density at radius 3 is 2.14 bits per heavy atom. The maximum atomic E-state index is 3.65. The molecule has 0 heterocycles. The summed E-state index contributed by atoms with van der Waals surface area (Å²) >= 11 is 0. The number of likely N-dealkylation sites (N-methyl/N-ethyl adjacent to an activating group) is 1. The second-order valence-corrected chi connectivity index (χ2v) is 6.17. The Hall–Kier alpha value is -1.60. The molecule has 1 N–H and O–H groups in total. The Morgan fingerprint density at radius 2 is 1.52 bits per heavy atom. The SMILES string of the molecule is CCNC(Cc1cc(C)cc(C)c1)c1cc(C)ccc1C. The van der Waals surface area contributed by atoms with Gasteiger partial charge >= 0.3 is 0 Å². The third-order valence-corrected chi connectivity index (χ3v) is 3.98. The lowest BCUT2D eigenvalue weighted by atomic mass is 9.93. The molecule has 112 valence electrons. The van der Waals surface area contributed by atoms with E-state index in [9.17, 15) is 0 Å². The predicted molar refractivity (Wildman–Crippen MR) is 92.0 cm³/mol. The van der Waals surface area contributed by atoms with Crippen molar-refractivity contribution in [2.45, 2.75) is 47.1 Å². The molecule has 0 spiro atoms. The molecular weight excluding hydrogens is 254 g/mol. The topological polar surface area (TPSA) is 12.0 Å². The first-order valence-corrected chi connectivity index (χ1v) is 7.87. The van der Waals surface area contributed by atoms with Crippen molar-refractivity contribution in [1.29, 1.82) is 0 Å². The molecule has 0 fully saturated rings. The van der Waals surface area contributed by atoms with E-state index in [4.69, 9.17) is 0 Å². The summed E-state index contributed by atoms with van der Waals surface area (Å²) in [6, 6.07) is 14.0. The second kappa shape index (κ2) is 6.91. The monoisotopic (exact) mass is 281 g/mol. The molecule has 1 nitrogen and oxygen atoms in total. The maximum Gasteiger partial charge on any atom is 0.0363 e. The minimum absolute atomic E-state index is 0.385. The van der Waals surface area contributed by atoms with E-state index < -0.39 is 0 Å². The number of aryl methyl sites for hydroxylation is 4. The lowest BCUT2D eigenvalue weighted by Gasteiger charge is -2.21. The molecule has 21 heavy (non-hydrogen) atoms. The van der Waals surface area contributed by atoms with E-state index in [1.807, 2.05) is 0 Å². The van der Waals surface area contributed by atoms with Gasteiger partial charge in [-0.15, -0.1) is 0 Å². The van der Waals surface area contributed by atoms with Gasteiger partial charge in [-0.2, -0.15) is 0 Å². The van der Waals surface area contributed by atoms with Gasteiger partial charge in [0, 0.05) is 6.04 Å². The van der Waals surface area contributed by atoms with E-state index in [1.54, 1.807) is 0 Å². The van der Waals surface area contributed by atoms with Crippen LogP contribution in [-0.4, -0.2) is 6.54 Å². The van der Waals surface area contributed by atoms with E-state index in [2.05, 4.69) is 76.3 Å². The van der Waals surface area contributed by atoms with Crippen LogP contribution in [0.2, 0.25) is 0 Å². The quantitative estimate of drug-likeness (QED) is 0.829. The van der Waals surface area contributed by atoms with Gasteiger partial charge in [0.25, 0.3) is 0 Å². The van der Waals surface area contributed by atoms with Gasteiger partial charge < -0.3 is 5.32 Å². The molecule has 2 aromatic rings. The fraction of sp³-hybridized carbons (Fsp3) is 0.400. The Kier molecular flexibility index (Phi) is 5.19. The Labute approximate surface area is 129 Å². The molecule has 0 amide bonds. The van der Waals surface area contributed by atoms with Gasteiger partial charge in [0.05, 0.1) is 0 Å². The van der Waals surface area contributed by atoms with Crippen molar-refractivity contribution in [1.82, 2.24) is 5.32 Å². The van der Waals surface area contributed by atoms with Crippen LogP contribution in [0, 0.1) is 27.7 Å². The Morgan fingerprint density at radius 1 is 0.857 bits per heavy atom. The summed E-state index contributed by atoms with van der Waals surface area (Å²) in [4.78, 5) is 0. The summed E-state index contributed by atoms with van der Waals surface area (Å²) in [5.41, 5.74) is 8.24. The van der Waals surface area contributed by atoms with Gasteiger partial charge in [0.2, 0.25) is 0 Å². The second-order valence-electron chi connectivity index (χ2n) is 6.17. The van der Waals surface area contributed by atoms with Crippen LogP contribution in [0.3, 0.4) is 0 Å². The standard InChI is InChI=1S/C20H27N/c1-6-21-20(19-12-14(2)7-8-17(19)5)13-18-10-15(3)9-16(4)11-18/h7-12,20-21H,6,13H2,1-5H3. The van der Waals surface area contributed by atoms with Crippen molar-refractivity contribution in [3.05, 3.63) is 69.8 Å². The van der Waals surface area contributed by atoms with Crippen molar-refractivity contribution >= 4 is 0 Å². The lowest BCUT2D eigenvalue weighted by molar-refractivity contribution is 0.547. The molecule has 0 radical (unpaired) electrons. The van der Waals surface area contributed by atoms with Crippen LogP contribution in [0.1, 0.15) is 46.3 Å². The summed E-state index contributed by atoms with van der Waals surface area (Å²) in [5, 5.41) is 3.65. The third-order valence-electron chi connectivity index (χ3n) is 3.98. The van der Waals surface area contributed by atoms with Gasteiger partial charge in [0.15, 0.2) is 0 Å². The smallest absolute Gasteiger partial charge is 0.0363 e. The minimum atomic E-state index is 0.385. The zero-order valence-corrected chi connectivity index (χ0v) is 14.0. The van der Waals surface area contributed by atoms with Gasteiger partial charge in [-0.1, -0.05) is 60.0 Å². The molecule has 1 atom stereocenters. The van der Waals surface area contributed by atoms with Crippen LogP contribution >= 0.6 is 0 Å². The molecule has 0 aliphatic heterocycles. The molecule has 0 saturated heterocycles. The van der Waals surface area contributed by atoms with E-state index >= 15 is 0 Å². The van der Waals surface area contributed by atoms with Gasteiger partial charge in [-0.25, -0.2) is 0 Å². The van der Waals surface area contributed by atoms with Crippen molar-refractivity contribution < 1.29 is 0 Å². The molecule has 1 unspecified atom stereocenters. The molecule has 0 bridgehead atoms. The molecule has 2 aromatic carbocycles. The first kappa shape index (κ1) is 15.8. The molecule has 0 aromatic heterocycles. The minimum Gasteiger partial charge on any atom is -0.310 e. The Balaban J connectivity index is 2.32. The highest BCUT2D eigenvalue weighted by atomic mass is 14.9. The van der Waals surface area contributed by atoms with Crippen LogP contribution in [-0.2, 0) is 6.42 Å². The zero-order chi connectivity index (χ0) is 15.4. The van der Waals surface area contributed by atoms with Crippen LogP contribution in [0.25, 0.3) is 0 Å². The van der Waals surface area contributed by atoms with Crippen molar-refractivity contribution in [2.24, 2.45) is 0 Å². The highest BCUT2D eigenvalue weighted by molar-refractivity contribution is 5.35. The highest BCUT2D eigenvalue weighted by Crippen LogP contribution is 2.24. The molecule has 0 aliphatic rings. The van der Waals surface area contributed by atoms with Crippen molar-refractivity contribution in [3.63, 3.8) is 0 Å². The normalized spacial score (nSPS) is 12.4. The van der Waals surface area contributed by atoms with Crippen LogP contribution in [0.5, 0.6) is 0 Å². The fourth-order valence-corrected chi connectivity index (χ4v) is 3.10. The number of rotatable bonds is 5. The van der Waals surface area contributed by atoms with Gasteiger partial charge in [0.1, 0.15) is 0 Å². The van der Waals surface area contributed by atoms with E-state index in [0.717, 1.165) is 13.0 Å². The zero-order valence-electron chi connectivity index (χ0n) is 14.0. The first-order chi connectivity index (χ1) is 9.99. The number of benzene rings is 2. The number of nitrogens with one attached hydrogen (secondary N) is 1. The van der Waals surface area contributed by atoms with Crippen LogP contribution in [0.4, 0.5) is 0 Å². The Bertz CT molecular complexity index is 593. The van der Waals surface area contributed by atoms with E-state index in [1.165, 1.54) is 33.4 Å². The molecular formula is C20H27N. The fourth-order valence-electron chi connectivity index (χ4n) is 3.10. The van der Waals surface area contributed by atoms with Crippen LogP contribution < -0.4 is 5.32 Å². The summed E-state index contributed by atoms with van der Waals surface area (Å²) in [6.45, 7) is 11.9. The average molecular weight is 281 g/mol. The summed E-state index contributed by atoms with van der Waals surface area (Å²) in [5.74, 6) is 0. The molecule has 0 aliphatic carbocycles. The largest absolute Gasteiger partial charge is 0.310 e. The summed E-state index contributed by atoms with van der Waals surface area (Å²) in [6.07, 6.45) is 1.04. The molecule has 1 heteroatoms.